The van der Waals surface area contributed by atoms with Crippen LogP contribution in [0.1, 0.15) is 21.5 Å². The molecule has 0 aliphatic carbocycles. The molecule has 3 aromatic rings. The Bertz CT molecular complexity index is 1240. The summed E-state index contributed by atoms with van der Waals surface area (Å²) in [5, 5.41) is 3.96. The Morgan fingerprint density at radius 3 is 2.32 bits per heavy atom. The summed E-state index contributed by atoms with van der Waals surface area (Å²) in [5.74, 6) is -0.224. The van der Waals surface area contributed by atoms with Gasteiger partial charge in [0.2, 0.25) is 0 Å². The van der Waals surface area contributed by atoms with Gasteiger partial charge in [-0.05, 0) is 109 Å². The van der Waals surface area contributed by atoms with E-state index in [1.54, 1.807) is 42.5 Å². The molecule has 0 heterocycles. The minimum Gasteiger partial charge on any atom is -0.377 e. The number of hydrazone groups is 1. The number of aryl methyl sites for hydroxylation is 1. The zero-order chi connectivity index (χ0) is 22.6. The first kappa shape index (κ1) is 23.9. The Morgan fingerprint density at radius 1 is 1.06 bits per heavy atom. The molecule has 0 spiro atoms. The summed E-state index contributed by atoms with van der Waals surface area (Å²) < 4.78 is 32.2. The summed E-state index contributed by atoms with van der Waals surface area (Å²) in [6, 6.07) is 16.8. The van der Waals surface area contributed by atoms with Crippen molar-refractivity contribution in [1.82, 2.24) is 5.43 Å². The van der Waals surface area contributed by atoms with E-state index in [0.29, 0.717) is 20.1 Å². The molecule has 0 aliphatic heterocycles. The highest BCUT2D eigenvalue weighted by molar-refractivity contribution is 14.1. The van der Waals surface area contributed by atoms with Gasteiger partial charge >= 0.3 is 10.1 Å². The second-order valence-corrected chi connectivity index (χ2v) is 10.9. The van der Waals surface area contributed by atoms with Crippen LogP contribution < -0.4 is 9.61 Å². The molecule has 0 unspecified atom stereocenters. The first-order valence-electron chi connectivity index (χ1n) is 8.75. The lowest BCUT2D eigenvalue weighted by Crippen LogP contribution is -2.17. The van der Waals surface area contributed by atoms with E-state index in [1.165, 1.54) is 18.3 Å². The normalized spacial score (nSPS) is 11.5. The van der Waals surface area contributed by atoms with Gasteiger partial charge in [-0.2, -0.15) is 13.5 Å². The first-order valence-corrected chi connectivity index (χ1v) is 12.8. The number of carbonyl (C=O) groups excluding carboxylic acids is 1. The summed E-state index contributed by atoms with van der Waals surface area (Å²) in [6.45, 7) is 1.87. The third kappa shape index (κ3) is 6.37. The highest BCUT2D eigenvalue weighted by atomic mass is 127. The second-order valence-electron chi connectivity index (χ2n) is 6.37. The minimum absolute atomic E-state index is 0.0563. The molecule has 1 N–H and O–H groups in total. The number of rotatable bonds is 6. The van der Waals surface area contributed by atoms with Crippen LogP contribution in [0, 0.1) is 10.5 Å². The van der Waals surface area contributed by atoms with Gasteiger partial charge in [0.05, 0.1) is 15.2 Å². The van der Waals surface area contributed by atoms with E-state index in [0.717, 1.165) is 9.13 Å². The molecule has 0 aromatic heterocycles. The molecule has 0 aliphatic rings. The van der Waals surface area contributed by atoms with E-state index in [9.17, 15) is 13.2 Å². The fourth-order valence-electron chi connectivity index (χ4n) is 2.46. The molecule has 10 heteroatoms. The first-order chi connectivity index (χ1) is 14.7. The number of nitrogens with one attached hydrogen (secondary N) is 1. The predicted octanol–water partition coefficient (Wildman–Crippen LogP) is 5.66. The lowest BCUT2D eigenvalue weighted by molar-refractivity contribution is 0.0955. The zero-order valence-electron chi connectivity index (χ0n) is 16.0. The fourth-order valence-corrected chi connectivity index (χ4v) is 5.56. The van der Waals surface area contributed by atoms with Crippen LogP contribution in [-0.4, -0.2) is 20.5 Å². The molecule has 31 heavy (non-hydrogen) atoms. The summed E-state index contributed by atoms with van der Waals surface area (Å²) >= 11 is 8.79. The standard InChI is InChI=1S/C21H15Br2IN2O4S/c1-13-5-7-17(8-6-13)31(28,29)30-20-18(22)9-14(10-19(20)23)12-25-26-21(27)15-3-2-4-16(24)11-15/h2-12H,1H3,(H,26,27)/b25-12-. The molecule has 0 saturated carbocycles. The Hall–Kier alpha value is -1.76. The number of amides is 1. The van der Waals surface area contributed by atoms with Gasteiger partial charge < -0.3 is 4.18 Å². The topological polar surface area (TPSA) is 84.8 Å². The highest BCUT2D eigenvalue weighted by Crippen LogP contribution is 2.36. The van der Waals surface area contributed by atoms with Crippen LogP contribution in [0.25, 0.3) is 0 Å². The van der Waals surface area contributed by atoms with Gasteiger partial charge in [-0.15, -0.1) is 0 Å². The van der Waals surface area contributed by atoms with Crippen LogP contribution >= 0.6 is 54.5 Å². The smallest absolute Gasteiger partial charge is 0.339 e. The fraction of sp³-hybridized carbons (Fsp3) is 0.0476. The van der Waals surface area contributed by atoms with E-state index < -0.39 is 10.1 Å². The molecule has 0 fully saturated rings. The summed E-state index contributed by atoms with van der Waals surface area (Å²) in [6.07, 6.45) is 1.44. The lowest BCUT2D eigenvalue weighted by Gasteiger charge is -2.11. The molecule has 0 radical (unpaired) electrons. The van der Waals surface area contributed by atoms with Crippen molar-refractivity contribution >= 4 is 76.7 Å². The largest absolute Gasteiger partial charge is 0.377 e. The van der Waals surface area contributed by atoms with Crippen molar-refractivity contribution in [2.45, 2.75) is 11.8 Å². The third-order valence-corrected chi connectivity index (χ3v) is 7.07. The summed E-state index contributed by atoms with van der Waals surface area (Å²) in [4.78, 5) is 12.2. The monoisotopic (exact) mass is 676 g/mol. The maximum Gasteiger partial charge on any atom is 0.339 e. The van der Waals surface area contributed by atoms with E-state index in [-0.39, 0.29) is 16.6 Å². The number of benzene rings is 3. The Labute approximate surface area is 210 Å². The van der Waals surface area contributed by atoms with Crippen LogP contribution in [0.2, 0.25) is 0 Å². The van der Waals surface area contributed by atoms with Crippen molar-refractivity contribution in [3.05, 3.63) is 89.9 Å². The summed E-state index contributed by atoms with van der Waals surface area (Å²) in [7, 11) is -4.00. The molecule has 160 valence electrons. The number of carbonyl (C=O) groups is 1. The van der Waals surface area contributed by atoms with Crippen LogP contribution in [0.15, 0.2) is 79.6 Å². The second kappa shape index (κ2) is 10.2. The van der Waals surface area contributed by atoms with Crippen molar-refractivity contribution in [1.29, 1.82) is 0 Å². The van der Waals surface area contributed by atoms with E-state index in [1.807, 2.05) is 13.0 Å². The van der Waals surface area contributed by atoms with Crippen molar-refractivity contribution in [2.24, 2.45) is 5.10 Å². The van der Waals surface area contributed by atoms with Gasteiger partial charge in [-0.25, -0.2) is 5.43 Å². The maximum absolute atomic E-state index is 12.6. The summed E-state index contributed by atoms with van der Waals surface area (Å²) in [5.41, 5.74) is 4.51. The molecule has 1 amide bonds. The van der Waals surface area contributed by atoms with Gasteiger partial charge in [0.1, 0.15) is 4.90 Å². The Kier molecular flexibility index (Phi) is 7.89. The van der Waals surface area contributed by atoms with Crippen LogP contribution in [0.3, 0.4) is 0 Å². The van der Waals surface area contributed by atoms with Crippen molar-refractivity contribution in [3.63, 3.8) is 0 Å². The van der Waals surface area contributed by atoms with Crippen molar-refractivity contribution in [3.8, 4) is 5.75 Å². The number of hydrogen-bond donors (Lipinski definition) is 1. The van der Waals surface area contributed by atoms with E-state index in [2.05, 4.69) is 65.0 Å². The number of nitrogens with zero attached hydrogens (tertiary/aromatic N) is 1. The van der Waals surface area contributed by atoms with Gasteiger partial charge in [0, 0.05) is 9.13 Å². The lowest BCUT2D eigenvalue weighted by atomic mass is 10.2. The van der Waals surface area contributed by atoms with Crippen molar-refractivity contribution in [2.75, 3.05) is 0 Å². The Morgan fingerprint density at radius 2 is 1.71 bits per heavy atom. The maximum atomic E-state index is 12.6. The molecule has 0 bridgehead atoms. The molecule has 6 nitrogen and oxygen atoms in total. The molecule has 3 aromatic carbocycles. The van der Waals surface area contributed by atoms with Gasteiger partial charge in [-0.1, -0.05) is 23.8 Å². The van der Waals surface area contributed by atoms with Crippen LogP contribution in [0.4, 0.5) is 0 Å². The van der Waals surface area contributed by atoms with Gasteiger partial charge in [0.25, 0.3) is 5.91 Å². The quantitative estimate of drug-likeness (QED) is 0.158. The van der Waals surface area contributed by atoms with Gasteiger partial charge in [0.15, 0.2) is 5.75 Å². The molecule has 0 saturated heterocycles. The minimum atomic E-state index is -4.00. The van der Waals surface area contributed by atoms with Crippen molar-refractivity contribution < 1.29 is 17.4 Å². The van der Waals surface area contributed by atoms with Crippen LogP contribution in [0.5, 0.6) is 5.75 Å². The van der Waals surface area contributed by atoms with Crippen LogP contribution in [-0.2, 0) is 10.1 Å². The molecule has 3 rings (SSSR count). The number of halogens is 3. The third-order valence-electron chi connectivity index (χ3n) is 3.99. The van der Waals surface area contributed by atoms with Gasteiger partial charge in [-0.3, -0.25) is 4.79 Å². The van der Waals surface area contributed by atoms with E-state index >= 15 is 0 Å². The van der Waals surface area contributed by atoms with E-state index in [4.69, 9.17) is 4.18 Å². The highest BCUT2D eigenvalue weighted by Gasteiger charge is 2.20. The predicted molar refractivity (Wildman–Crippen MR) is 135 cm³/mol. The average molecular weight is 678 g/mol. The average Bonchev–Trinajstić information content (AvgIpc) is 2.71. The zero-order valence-corrected chi connectivity index (χ0v) is 22.1. The number of hydrogen-bond acceptors (Lipinski definition) is 5. The molecule has 0 atom stereocenters. The SMILES string of the molecule is Cc1ccc(S(=O)(=O)Oc2c(Br)cc(/C=N\NC(=O)c3cccc(I)c3)cc2Br)cc1. The molecular weight excluding hydrogens is 663 g/mol. The molecular formula is C21H15Br2IN2O4S. The Balaban J connectivity index is 1.75.